The van der Waals surface area contributed by atoms with Crippen molar-refractivity contribution in [1.82, 2.24) is 10.2 Å². The van der Waals surface area contributed by atoms with E-state index in [0.717, 1.165) is 22.2 Å². The van der Waals surface area contributed by atoms with Gasteiger partial charge < -0.3 is 10.2 Å². The fourth-order valence-corrected chi connectivity index (χ4v) is 3.68. The highest BCUT2D eigenvalue weighted by Gasteiger charge is 2.27. The average Bonchev–Trinajstić information content (AvgIpc) is 2.89. The van der Waals surface area contributed by atoms with Crippen molar-refractivity contribution in [2.45, 2.75) is 19.4 Å². The first-order valence-corrected chi connectivity index (χ1v) is 8.19. The monoisotopic (exact) mass is 356 g/mol. The molecule has 1 N–H and O–H groups in total. The summed E-state index contributed by atoms with van der Waals surface area (Å²) in [6.45, 7) is 5.24. The van der Waals surface area contributed by atoms with Crippen LogP contribution in [0.25, 0.3) is 0 Å². The van der Waals surface area contributed by atoms with Gasteiger partial charge in [-0.3, -0.25) is 9.59 Å². The maximum Gasteiger partial charge on any atom is 0.245 e. The molecule has 1 aliphatic rings. The number of piperidine rings is 1. The minimum atomic E-state index is -0.115. The molecule has 2 rings (SSSR count). The SMILES string of the molecule is C=CC(=O)N1CCCC(C(=O)NCc2cc(Br)cs2)C1. The second kappa shape index (κ2) is 7.04. The van der Waals surface area contributed by atoms with Crippen molar-refractivity contribution in [2.75, 3.05) is 13.1 Å². The van der Waals surface area contributed by atoms with E-state index in [1.807, 2.05) is 11.4 Å². The molecule has 2 amide bonds. The predicted molar refractivity (Wildman–Crippen MR) is 83.4 cm³/mol. The van der Waals surface area contributed by atoms with Gasteiger partial charge in [0.25, 0.3) is 0 Å². The van der Waals surface area contributed by atoms with Gasteiger partial charge in [-0.05, 0) is 40.9 Å². The third kappa shape index (κ3) is 3.93. The van der Waals surface area contributed by atoms with Crippen LogP contribution in [0.5, 0.6) is 0 Å². The number of halogens is 1. The summed E-state index contributed by atoms with van der Waals surface area (Å²) in [7, 11) is 0. The van der Waals surface area contributed by atoms with Crippen LogP contribution in [0.2, 0.25) is 0 Å². The van der Waals surface area contributed by atoms with Crippen LogP contribution in [0, 0.1) is 5.92 Å². The van der Waals surface area contributed by atoms with Crippen molar-refractivity contribution < 1.29 is 9.59 Å². The van der Waals surface area contributed by atoms with E-state index in [1.165, 1.54) is 6.08 Å². The minimum absolute atomic E-state index is 0.0242. The van der Waals surface area contributed by atoms with Crippen molar-refractivity contribution in [3.05, 3.63) is 33.5 Å². The van der Waals surface area contributed by atoms with E-state index in [0.29, 0.717) is 19.6 Å². The van der Waals surface area contributed by atoms with E-state index >= 15 is 0 Å². The first-order chi connectivity index (χ1) is 9.60. The van der Waals surface area contributed by atoms with E-state index in [4.69, 9.17) is 0 Å². The molecule has 0 aliphatic carbocycles. The van der Waals surface area contributed by atoms with Crippen molar-refractivity contribution in [2.24, 2.45) is 5.92 Å². The Hall–Kier alpha value is -1.14. The van der Waals surface area contributed by atoms with E-state index < -0.39 is 0 Å². The number of hydrogen-bond acceptors (Lipinski definition) is 3. The Labute approximate surface area is 131 Å². The minimum Gasteiger partial charge on any atom is -0.351 e. The van der Waals surface area contributed by atoms with Crippen LogP contribution in [-0.4, -0.2) is 29.8 Å². The lowest BCUT2D eigenvalue weighted by Gasteiger charge is -2.31. The Balaban J connectivity index is 1.85. The van der Waals surface area contributed by atoms with Crippen molar-refractivity contribution in [3.8, 4) is 0 Å². The lowest BCUT2D eigenvalue weighted by Crippen LogP contribution is -2.44. The highest BCUT2D eigenvalue weighted by molar-refractivity contribution is 9.10. The van der Waals surface area contributed by atoms with Crippen LogP contribution in [-0.2, 0) is 16.1 Å². The molecule has 20 heavy (non-hydrogen) atoms. The summed E-state index contributed by atoms with van der Waals surface area (Å²) < 4.78 is 1.03. The van der Waals surface area contributed by atoms with Gasteiger partial charge in [-0.25, -0.2) is 0 Å². The second-order valence-electron chi connectivity index (χ2n) is 4.78. The lowest BCUT2D eigenvalue weighted by molar-refractivity contribution is -0.132. The van der Waals surface area contributed by atoms with Gasteiger partial charge in [0.1, 0.15) is 0 Å². The molecule has 0 bridgehead atoms. The van der Waals surface area contributed by atoms with E-state index in [9.17, 15) is 9.59 Å². The molecular formula is C14H17BrN2O2S. The van der Waals surface area contributed by atoms with E-state index in [1.54, 1.807) is 16.2 Å². The molecule has 1 fully saturated rings. The molecule has 1 atom stereocenters. The largest absolute Gasteiger partial charge is 0.351 e. The summed E-state index contributed by atoms with van der Waals surface area (Å²) in [5.41, 5.74) is 0. The van der Waals surface area contributed by atoms with E-state index in [-0.39, 0.29) is 17.7 Å². The molecule has 1 aromatic rings. The van der Waals surface area contributed by atoms with Gasteiger partial charge in [-0.15, -0.1) is 11.3 Å². The number of carbonyl (C=O) groups excluding carboxylic acids is 2. The predicted octanol–water partition coefficient (Wildman–Crippen LogP) is 2.55. The maximum absolute atomic E-state index is 12.2. The molecule has 0 aromatic carbocycles. The number of likely N-dealkylation sites (tertiary alicyclic amines) is 1. The quantitative estimate of drug-likeness (QED) is 0.842. The molecule has 1 saturated heterocycles. The first-order valence-electron chi connectivity index (χ1n) is 6.52. The average molecular weight is 357 g/mol. The fourth-order valence-electron chi connectivity index (χ4n) is 2.29. The molecule has 0 radical (unpaired) electrons. The molecule has 1 aromatic heterocycles. The van der Waals surface area contributed by atoms with Crippen LogP contribution in [0.15, 0.2) is 28.6 Å². The highest BCUT2D eigenvalue weighted by Crippen LogP contribution is 2.20. The Kier molecular flexibility index (Phi) is 5.37. The fraction of sp³-hybridized carbons (Fsp3) is 0.429. The molecule has 4 nitrogen and oxygen atoms in total. The normalized spacial score (nSPS) is 18.6. The molecular weight excluding hydrogens is 340 g/mol. The van der Waals surface area contributed by atoms with Crippen LogP contribution < -0.4 is 5.32 Å². The zero-order chi connectivity index (χ0) is 14.5. The third-order valence-electron chi connectivity index (χ3n) is 3.34. The molecule has 108 valence electrons. The Morgan fingerprint density at radius 1 is 1.60 bits per heavy atom. The number of nitrogens with one attached hydrogen (secondary N) is 1. The van der Waals surface area contributed by atoms with Gasteiger partial charge in [0.15, 0.2) is 0 Å². The third-order valence-corrected chi connectivity index (χ3v) is 5.03. The van der Waals surface area contributed by atoms with Gasteiger partial charge in [-0.1, -0.05) is 6.58 Å². The zero-order valence-corrected chi connectivity index (χ0v) is 13.5. The maximum atomic E-state index is 12.2. The van der Waals surface area contributed by atoms with Crippen LogP contribution in [0.4, 0.5) is 0 Å². The van der Waals surface area contributed by atoms with Gasteiger partial charge in [0.2, 0.25) is 11.8 Å². The topological polar surface area (TPSA) is 49.4 Å². The summed E-state index contributed by atoms with van der Waals surface area (Å²) in [4.78, 5) is 26.6. The van der Waals surface area contributed by atoms with Gasteiger partial charge in [0.05, 0.1) is 12.5 Å². The second-order valence-corrected chi connectivity index (χ2v) is 6.69. The lowest BCUT2D eigenvalue weighted by atomic mass is 9.97. The first kappa shape index (κ1) is 15.3. The molecule has 1 unspecified atom stereocenters. The number of hydrogen-bond donors (Lipinski definition) is 1. The molecule has 6 heteroatoms. The number of nitrogens with zero attached hydrogens (tertiary/aromatic N) is 1. The zero-order valence-electron chi connectivity index (χ0n) is 11.1. The summed E-state index contributed by atoms with van der Waals surface area (Å²) in [5, 5.41) is 4.94. The van der Waals surface area contributed by atoms with Gasteiger partial charge in [0, 0.05) is 27.8 Å². The molecule has 2 heterocycles. The van der Waals surface area contributed by atoms with Crippen LogP contribution in [0.3, 0.4) is 0 Å². The summed E-state index contributed by atoms with van der Waals surface area (Å²) in [6, 6.07) is 2.00. The van der Waals surface area contributed by atoms with E-state index in [2.05, 4.69) is 27.8 Å². The van der Waals surface area contributed by atoms with Crippen molar-refractivity contribution in [1.29, 1.82) is 0 Å². The number of carbonyl (C=O) groups is 2. The molecule has 1 aliphatic heterocycles. The summed E-state index contributed by atoms with van der Waals surface area (Å²) >= 11 is 5.00. The summed E-state index contributed by atoms with van der Waals surface area (Å²) in [5.74, 6) is -0.183. The molecule has 0 saturated carbocycles. The number of thiophene rings is 1. The van der Waals surface area contributed by atoms with Gasteiger partial charge >= 0.3 is 0 Å². The highest BCUT2D eigenvalue weighted by atomic mass is 79.9. The van der Waals surface area contributed by atoms with Crippen LogP contribution >= 0.6 is 27.3 Å². The Morgan fingerprint density at radius 3 is 3.05 bits per heavy atom. The standard InChI is InChI=1S/C14H17BrN2O2S/c1-2-13(18)17-5-3-4-10(8-17)14(19)16-7-12-6-11(15)9-20-12/h2,6,9-10H,1,3-5,7-8H2,(H,16,19). The van der Waals surface area contributed by atoms with Crippen molar-refractivity contribution in [3.63, 3.8) is 0 Å². The van der Waals surface area contributed by atoms with Gasteiger partial charge in [-0.2, -0.15) is 0 Å². The van der Waals surface area contributed by atoms with Crippen molar-refractivity contribution >= 4 is 39.1 Å². The molecule has 0 spiro atoms. The summed E-state index contributed by atoms with van der Waals surface area (Å²) in [6.07, 6.45) is 3.01. The number of rotatable bonds is 4. The van der Waals surface area contributed by atoms with Crippen LogP contribution in [0.1, 0.15) is 17.7 Å². The number of amides is 2. The smallest absolute Gasteiger partial charge is 0.245 e. The Morgan fingerprint density at radius 2 is 2.40 bits per heavy atom. The Bertz CT molecular complexity index is 515.